The van der Waals surface area contributed by atoms with Crippen molar-refractivity contribution in [2.45, 2.75) is 6.92 Å². The Hall–Kier alpha value is -3.29. The maximum atomic E-state index is 12.0. The van der Waals surface area contributed by atoms with Crippen LogP contribution in [0.2, 0.25) is 0 Å². The van der Waals surface area contributed by atoms with E-state index in [1.807, 2.05) is 13.0 Å². The molecule has 0 saturated carbocycles. The predicted molar refractivity (Wildman–Crippen MR) is 79.4 cm³/mol. The highest BCUT2D eigenvalue weighted by Crippen LogP contribution is 2.19. The molecule has 0 aliphatic rings. The summed E-state index contributed by atoms with van der Waals surface area (Å²) in [5, 5.41) is 15.4. The van der Waals surface area contributed by atoms with Crippen LogP contribution in [0.1, 0.15) is 16.3 Å². The number of aromatic nitrogens is 5. The van der Waals surface area contributed by atoms with Crippen molar-refractivity contribution >= 4 is 11.6 Å². The summed E-state index contributed by atoms with van der Waals surface area (Å²) in [6, 6.07) is 9.73. The molecule has 0 radical (unpaired) electrons. The molecule has 2 heterocycles. The van der Waals surface area contributed by atoms with Gasteiger partial charge in [0.25, 0.3) is 11.5 Å². The van der Waals surface area contributed by atoms with Crippen LogP contribution in [0.4, 0.5) is 5.69 Å². The Bertz CT molecular complexity index is 862. The number of carbonyl (C=O) groups is 1. The molecule has 0 spiro atoms. The molecule has 3 N–H and O–H groups in total. The number of aryl methyl sites for hydroxylation is 1. The van der Waals surface area contributed by atoms with Crippen LogP contribution in [0.3, 0.4) is 0 Å². The first kappa shape index (κ1) is 13.7. The van der Waals surface area contributed by atoms with E-state index in [0.29, 0.717) is 17.3 Å². The largest absolute Gasteiger partial charge is 0.321 e. The van der Waals surface area contributed by atoms with E-state index in [0.717, 1.165) is 5.56 Å². The van der Waals surface area contributed by atoms with Crippen LogP contribution in [0.25, 0.3) is 11.4 Å². The van der Waals surface area contributed by atoms with Gasteiger partial charge in [0.15, 0.2) is 5.82 Å². The zero-order valence-corrected chi connectivity index (χ0v) is 11.6. The van der Waals surface area contributed by atoms with Gasteiger partial charge in [0, 0.05) is 17.3 Å². The quantitative estimate of drug-likeness (QED) is 0.669. The van der Waals surface area contributed by atoms with Gasteiger partial charge in [-0.05, 0) is 25.1 Å². The number of carbonyl (C=O) groups excluding carboxylic acids is 1. The third-order valence-electron chi connectivity index (χ3n) is 2.89. The van der Waals surface area contributed by atoms with Crippen molar-refractivity contribution in [3.05, 3.63) is 58.3 Å². The Morgan fingerprint density at radius 3 is 2.68 bits per heavy atom. The van der Waals surface area contributed by atoms with Gasteiger partial charge >= 0.3 is 0 Å². The number of H-pyrrole nitrogens is 2. The van der Waals surface area contributed by atoms with Crippen LogP contribution in [0, 0.1) is 6.92 Å². The molecule has 3 aromatic rings. The van der Waals surface area contributed by atoms with Crippen molar-refractivity contribution in [1.82, 2.24) is 25.4 Å². The topological polar surface area (TPSA) is 116 Å². The number of hydrogen-bond donors (Lipinski definition) is 3. The van der Waals surface area contributed by atoms with Gasteiger partial charge in [-0.25, -0.2) is 10.1 Å². The number of aromatic amines is 2. The predicted octanol–water partition coefficient (Wildman–Crippen LogP) is 1.12. The number of benzene rings is 1. The summed E-state index contributed by atoms with van der Waals surface area (Å²) in [5.74, 6) is 0.845. The number of rotatable bonds is 3. The van der Waals surface area contributed by atoms with E-state index < -0.39 is 5.91 Å². The van der Waals surface area contributed by atoms with Crippen molar-refractivity contribution in [2.24, 2.45) is 0 Å². The number of nitrogens with one attached hydrogen (secondary N) is 3. The number of anilines is 1. The van der Waals surface area contributed by atoms with E-state index in [2.05, 4.69) is 30.7 Å². The average molecular weight is 296 g/mol. The second-order valence-corrected chi connectivity index (χ2v) is 4.59. The van der Waals surface area contributed by atoms with Crippen LogP contribution in [-0.2, 0) is 0 Å². The van der Waals surface area contributed by atoms with Gasteiger partial charge in [-0.1, -0.05) is 12.1 Å². The van der Waals surface area contributed by atoms with Crippen molar-refractivity contribution in [1.29, 1.82) is 0 Å². The lowest BCUT2D eigenvalue weighted by molar-refractivity contribution is 0.102. The summed E-state index contributed by atoms with van der Waals surface area (Å²) in [6.07, 6.45) is 0. The molecule has 0 aliphatic heterocycles. The summed E-state index contributed by atoms with van der Waals surface area (Å²) >= 11 is 0. The van der Waals surface area contributed by atoms with Crippen LogP contribution in [-0.4, -0.2) is 31.3 Å². The van der Waals surface area contributed by atoms with E-state index in [9.17, 15) is 9.59 Å². The Balaban J connectivity index is 1.82. The minimum absolute atomic E-state index is 0.124. The molecule has 22 heavy (non-hydrogen) atoms. The maximum absolute atomic E-state index is 12.0. The van der Waals surface area contributed by atoms with E-state index in [4.69, 9.17) is 0 Å². The number of nitrogens with zero attached hydrogens (tertiary/aromatic N) is 3. The molecular weight excluding hydrogens is 284 g/mol. The third kappa shape index (κ3) is 2.90. The molecule has 0 fully saturated rings. The van der Waals surface area contributed by atoms with Gasteiger partial charge < -0.3 is 5.32 Å². The lowest BCUT2D eigenvalue weighted by Gasteiger charge is -2.05. The second-order valence-electron chi connectivity index (χ2n) is 4.59. The molecule has 1 amide bonds. The van der Waals surface area contributed by atoms with Gasteiger partial charge in [-0.15, -0.1) is 0 Å². The first-order valence-electron chi connectivity index (χ1n) is 6.48. The fourth-order valence-corrected chi connectivity index (χ4v) is 1.87. The molecular formula is C14H12N6O2. The minimum Gasteiger partial charge on any atom is -0.321 e. The smallest absolute Gasteiger partial charge is 0.276 e. The van der Waals surface area contributed by atoms with E-state index >= 15 is 0 Å². The Morgan fingerprint density at radius 1 is 1.14 bits per heavy atom. The lowest BCUT2D eigenvalue weighted by Crippen LogP contribution is -2.17. The molecule has 2 aromatic heterocycles. The van der Waals surface area contributed by atoms with Gasteiger partial charge in [-0.2, -0.15) is 10.2 Å². The lowest BCUT2D eigenvalue weighted by atomic mass is 10.2. The van der Waals surface area contributed by atoms with Crippen LogP contribution in [0.15, 0.2) is 41.2 Å². The summed E-state index contributed by atoms with van der Waals surface area (Å²) in [7, 11) is 0. The average Bonchev–Trinajstić information content (AvgIpc) is 2.95. The summed E-state index contributed by atoms with van der Waals surface area (Å²) in [4.78, 5) is 27.2. The number of amides is 1. The van der Waals surface area contributed by atoms with Crippen molar-refractivity contribution < 1.29 is 4.79 Å². The summed E-state index contributed by atoms with van der Waals surface area (Å²) in [6.45, 7) is 1.81. The molecule has 8 nitrogen and oxygen atoms in total. The fraction of sp³-hybridized carbons (Fsp3) is 0.0714. The first-order chi connectivity index (χ1) is 10.6. The zero-order chi connectivity index (χ0) is 15.5. The van der Waals surface area contributed by atoms with Crippen molar-refractivity contribution in [2.75, 3.05) is 5.32 Å². The molecule has 0 saturated heterocycles. The van der Waals surface area contributed by atoms with Crippen LogP contribution < -0.4 is 10.9 Å². The highest BCUT2D eigenvalue weighted by molar-refractivity contribution is 6.02. The highest BCUT2D eigenvalue weighted by atomic mass is 16.2. The van der Waals surface area contributed by atoms with Crippen molar-refractivity contribution in [3.63, 3.8) is 0 Å². The molecule has 0 aliphatic carbocycles. The second kappa shape index (κ2) is 5.60. The Labute approximate surface area is 124 Å². The van der Waals surface area contributed by atoms with E-state index in [-0.39, 0.29) is 11.3 Å². The molecule has 0 atom stereocenters. The van der Waals surface area contributed by atoms with E-state index in [1.54, 1.807) is 18.2 Å². The fourth-order valence-electron chi connectivity index (χ4n) is 1.87. The Kier molecular flexibility index (Phi) is 3.48. The standard InChI is InChI=1S/C14H12N6O2/c1-8-15-13(20-17-8)9-3-2-4-10(7-9)16-14(22)11-5-6-12(21)19-18-11/h2-7H,1H3,(H,16,22)(H,19,21)(H,15,17,20). The Morgan fingerprint density at radius 2 is 2.00 bits per heavy atom. The molecule has 110 valence electrons. The normalized spacial score (nSPS) is 10.4. The summed E-state index contributed by atoms with van der Waals surface area (Å²) < 4.78 is 0. The van der Waals surface area contributed by atoms with E-state index in [1.165, 1.54) is 12.1 Å². The van der Waals surface area contributed by atoms with Gasteiger partial charge in [0.2, 0.25) is 0 Å². The number of hydrogen-bond acceptors (Lipinski definition) is 5. The zero-order valence-electron chi connectivity index (χ0n) is 11.6. The molecule has 3 rings (SSSR count). The van der Waals surface area contributed by atoms with Gasteiger partial charge in [0.1, 0.15) is 11.5 Å². The van der Waals surface area contributed by atoms with Crippen molar-refractivity contribution in [3.8, 4) is 11.4 Å². The maximum Gasteiger partial charge on any atom is 0.276 e. The third-order valence-corrected chi connectivity index (χ3v) is 2.89. The van der Waals surface area contributed by atoms with Crippen LogP contribution in [0.5, 0.6) is 0 Å². The minimum atomic E-state index is -0.417. The monoisotopic (exact) mass is 296 g/mol. The molecule has 1 aromatic carbocycles. The molecule has 0 unspecified atom stereocenters. The highest BCUT2D eigenvalue weighted by Gasteiger charge is 2.09. The van der Waals surface area contributed by atoms with Gasteiger partial charge in [0.05, 0.1) is 0 Å². The van der Waals surface area contributed by atoms with Crippen LogP contribution >= 0.6 is 0 Å². The van der Waals surface area contributed by atoms with Gasteiger partial charge in [-0.3, -0.25) is 14.7 Å². The summed E-state index contributed by atoms with van der Waals surface area (Å²) in [5.41, 5.74) is 1.12. The SMILES string of the molecule is Cc1nc(-c2cccc(NC(=O)c3ccc(=O)[nH]n3)c2)n[nH]1. The first-order valence-corrected chi connectivity index (χ1v) is 6.48. The molecule has 8 heteroatoms. The molecule has 0 bridgehead atoms.